The minimum absolute atomic E-state index is 0.0106. The summed E-state index contributed by atoms with van der Waals surface area (Å²) in [5.41, 5.74) is 4.47. The van der Waals surface area contributed by atoms with E-state index < -0.39 is 0 Å². The minimum atomic E-state index is -0.0509. The highest BCUT2D eigenvalue weighted by atomic mass is 32.1. The van der Waals surface area contributed by atoms with E-state index >= 15 is 0 Å². The number of thiocarbonyl (C=S) groups is 1. The SMILES string of the molecule is Cc1ccccc1-n1cccc1[C@H]1[C@H](c2ccccn2)NC(=S)N1CCCO. The number of aromatic nitrogens is 2. The molecule has 1 fully saturated rings. The maximum absolute atomic E-state index is 9.37. The number of para-hydroxylation sites is 1. The summed E-state index contributed by atoms with van der Waals surface area (Å²) in [5, 5.41) is 13.5. The molecule has 5 nitrogen and oxygen atoms in total. The molecule has 2 aromatic heterocycles. The van der Waals surface area contributed by atoms with Gasteiger partial charge in [0.15, 0.2) is 5.11 Å². The summed E-state index contributed by atoms with van der Waals surface area (Å²) in [5.74, 6) is 0. The molecule has 1 saturated heterocycles. The fourth-order valence-corrected chi connectivity index (χ4v) is 4.23. The van der Waals surface area contributed by atoms with Gasteiger partial charge in [0.2, 0.25) is 0 Å². The summed E-state index contributed by atoms with van der Waals surface area (Å²) in [6.07, 6.45) is 4.57. The van der Waals surface area contributed by atoms with Crippen LogP contribution in [0.3, 0.4) is 0 Å². The lowest BCUT2D eigenvalue weighted by molar-refractivity contribution is 0.245. The Hall–Kier alpha value is -2.70. The number of hydrogen-bond acceptors (Lipinski definition) is 3. The van der Waals surface area contributed by atoms with Gasteiger partial charge in [-0.15, -0.1) is 0 Å². The Balaban J connectivity index is 1.81. The summed E-state index contributed by atoms with van der Waals surface area (Å²) in [7, 11) is 0. The van der Waals surface area contributed by atoms with Crippen LogP contribution in [0.5, 0.6) is 0 Å². The first-order valence-corrected chi connectivity index (χ1v) is 9.93. The van der Waals surface area contributed by atoms with Gasteiger partial charge in [0.1, 0.15) is 0 Å². The standard InChI is InChI=1S/C22H24N4OS/c1-16-8-2-3-10-18(16)25-13-6-11-19(25)21-20(17-9-4-5-12-23-17)24-22(28)26(21)14-7-15-27/h2-6,8-13,20-21,27H,7,14-15H2,1H3,(H,24,28)/t20-,21-/m0/s1. The molecule has 0 unspecified atom stereocenters. The molecule has 0 saturated carbocycles. The third kappa shape index (κ3) is 3.41. The van der Waals surface area contributed by atoms with E-state index in [0.717, 1.165) is 17.1 Å². The molecule has 144 valence electrons. The summed E-state index contributed by atoms with van der Waals surface area (Å²) < 4.78 is 2.23. The summed E-state index contributed by atoms with van der Waals surface area (Å²) >= 11 is 5.66. The van der Waals surface area contributed by atoms with Crippen molar-refractivity contribution >= 4 is 17.3 Å². The first kappa shape index (κ1) is 18.7. The van der Waals surface area contributed by atoms with Crippen LogP contribution in [0.1, 0.15) is 35.5 Å². The number of nitrogens with zero attached hydrogens (tertiary/aromatic N) is 3. The Bertz CT molecular complexity index is 956. The zero-order valence-electron chi connectivity index (χ0n) is 15.8. The van der Waals surface area contributed by atoms with Gasteiger partial charge in [-0.1, -0.05) is 24.3 Å². The zero-order chi connectivity index (χ0) is 19.5. The molecule has 3 aromatic rings. The second kappa shape index (κ2) is 8.12. The van der Waals surface area contributed by atoms with E-state index in [9.17, 15) is 5.11 Å². The Morgan fingerprint density at radius 1 is 1.11 bits per heavy atom. The molecule has 0 aliphatic carbocycles. The van der Waals surface area contributed by atoms with Crippen molar-refractivity contribution in [3.8, 4) is 5.69 Å². The van der Waals surface area contributed by atoms with E-state index in [1.54, 1.807) is 0 Å². The molecule has 1 aliphatic rings. The summed E-state index contributed by atoms with van der Waals surface area (Å²) in [6, 6.07) is 18.5. The monoisotopic (exact) mass is 392 g/mol. The predicted octanol–water partition coefficient (Wildman–Crippen LogP) is 3.54. The molecule has 4 rings (SSSR count). The van der Waals surface area contributed by atoms with Crippen molar-refractivity contribution < 1.29 is 5.11 Å². The lowest BCUT2D eigenvalue weighted by atomic mass is 10.0. The summed E-state index contributed by atoms with van der Waals surface area (Å²) in [6.45, 7) is 2.95. The fraction of sp³-hybridized carbons (Fsp3) is 0.273. The zero-order valence-corrected chi connectivity index (χ0v) is 16.6. The van der Waals surface area contributed by atoms with Crippen LogP contribution in [-0.2, 0) is 0 Å². The Kier molecular flexibility index (Phi) is 5.41. The summed E-state index contributed by atoms with van der Waals surface area (Å²) in [4.78, 5) is 6.76. The Morgan fingerprint density at radius 3 is 2.68 bits per heavy atom. The third-order valence-electron chi connectivity index (χ3n) is 5.21. The molecule has 3 heterocycles. The minimum Gasteiger partial charge on any atom is -0.396 e. The third-order valence-corrected chi connectivity index (χ3v) is 5.57. The highest BCUT2D eigenvalue weighted by Crippen LogP contribution is 2.39. The van der Waals surface area contributed by atoms with Crippen molar-refractivity contribution in [2.75, 3.05) is 13.2 Å². The molecule has 2 N–H and O–H groups in total. The van der Waals surface area contributed by atoms with Crippen molar-refractivity contribution in [3.63, 3.8) is 0 Å². The van der Waals surface area contributed by atoms with Gasteiger partial charge in [0.25, 0.3) is 0 Å². The average Bonchev–Trinajstić information content (AvgIpc) is 3.31. The fourth-order valence-electron chi connectivity index (χ4n) is 3.90. The predicted molar refractivity (Wildman–Crippen MR) is 114 cm³/mol. The molecule has 0 radical (unpaired) electrons. The first-order valence-electron chi connectivity index (χ1n) is 9.53. The second-order valence-corrected chi connectivity index (χ2v) is 7.37. The van der Waals surface area contributed by atoms with Crippen LogP contribution in [0.15, 0.2) is 67.0 Å². The highest BCUT2D eigenvalue weighted by molar-refractivity contribution is 7.80. The van der Waals surface area contributed by atoms with Gasteiger partial charge in [0.05, 0.1) is 17.8 Å². The van der Waals surface area contributed by atoms with E-state index in [1.807, 2.05) is 24.4 Å². The van der Waals surface area contributed by atoms with Crippen LogP contribution in [0.25, 0.3) is 5.69 Å². The van der Waals surface area contributed by atoms with E-state index in [2.05, 4.69) is 69.3 Å². The molecular formula is C22H24N4OS. The van der Waals surface area contributed by atoms with Crippen molar-refractivity contribution in [1.29, 1.82) is 0 Å². The van der Waals surface area contributed by atoms with Crippen LogP contribution in [0.4, 0.5) is 0 Å². The number of rotatable bonds is 6. The Labute approximate surface area is 170 Å². The topological polar surface area (TPSA) is 53.3 Å². The van der Waals surface area contributed by atoms with Gasteiger partial charge in [-0.25, -0.2) is 0 Å². The van der Waals surface area contributed by atoms with Gasteiger partial charge in [-0.2, -0.15) is 0 Å². The van der Waals surface area contributed by atoms with E-state index in [1.165, 1.54) is 5.56 Å². The van der Waals surface area contributed by atoms with E-state index in [-0.39, 0.29) is 18.7 Å². The van der Waals surface area contributed by atoms with E-state index in [0.29, 0.717) is 18.1 Å². The van der Waals surface area contributed by atoms with Gasteiger partial charge in [0, 0.05) is 36.9 Å². The van der Waals surface area contributed by atoms with Crippen molar-refractivity contribution in [1.82, 2.24) is 19.8 Å². The normalized spacial score (nSPS) is 19.1. The van der Waals surface area contributed by atoms with Gasteiger partial charge in [-0.3, -0.25) is 4.98 Å². The van der Waals surface area contributed by atoms with Crippen LogP contribution < -0.4 is 5.32 Å². The van der Waals surface area contributed by atoms with Crippen LogP contribution >= 0.6 is 12.2 Å². The molecule has 6 heteroatoms. The first-order chi connectivity index (χ1) is 13.7. The highest BCUT2D eigenvalue weighted by Gasteiger charge is 2.40. The van der Waals surface area contributed by atoms with Gasteiger partial charge < -0.3 is 19.9 Å². The number of pyridine rings is 1. The molecule has 0 amide bonds. The molecule has 0 bridgehead atoms. The molecular weight excluding hydrogens is 368 g/mol. The maximum Gasteiger partial charge on any atom is 0.170 e. The van der Waals surface area contributed by atoms with Crippen molar-refractivity contribution in [2.45, 2.75) is 25.4 Å². The number of nitrogens with one attached hydrogen (secondary N) is 1. The van der Waals surface area contributed by atoms with E-state index in [4.69, 9.17) is 12.2 Å². The number of benzene rings is 1. The van der Waals surface area contributed by atoms with Gasteiger partial charge >= 0.3 is 0 Å². The van der Waals surface area contributed by atoms with Gasteiger partial charge in [-0.05, 0) is 61.5 Å². The lowest BCUT2D eigenvalue weighted by Gasteiger charge is -2.29. The van der Waals surface area contributed by atoms with Crippen molar-refractivity contribution in [2.24, 2.45) is 0 Å². The second-order valence-electron chi connectivity index (χ2n) is 6.99. The molecule has 2 atom stereocenters. The number of aryl methyl sites for hydroxylation is 1. The smallest absolute Gasteiger partial charge is 0.170 e. The maximum atomic E-state index is 9.37. The van der Waals surface area contributed by atoms with Crippen LogP contribution in [0, 0.1) is 6.92 Å². The number of hydrogen-bond donors (Lipinski definition) is 2. The van der Waals surface area contributed by atoms with Crippen LogP contribution in [0.2, 0.25) is 0 Å². The molecule has 0 spiro atoms. The van der Waals surface area contributed by atoms with Crippen molar-refractivity contribution in [3.05, 3.63) is 83.9 Å². The number of aliphatic hydroxyl groups is 1. The largest absolute Gasteiger partial charge is 0.396 e. The molecule has 1 aliphatic heterocycles. The van der Waals surface area contributed by atoms with Crippen LogP contribution in [-0.4, -0.2) is 37.8 Å². The number of aliphatic hydroxyl groups excluding tert-OH is 1. The lowest BCUT2D eigenvalue weighted by Crippen LogP contribution is -2.31. The molecule has 28 heavy (non-hydrogen) atoms. The quantitative estimate of drug-likeness (QED) is 0.629. The molecule has 1 aromatic carbocycles. The Morgan fingerprint density at radius 2 is 1.93 bits per heavy atom. The average molecular weight is 393 g/mol.